The van der Waals surface area contributed by atoms with E-state index in [-0.39, 0.29) is 11.3 Å². The summed E-state index contributed by atoms with van der Waals surface area (Å²) in [6.45, 7) is 4.74. The molecular weight excluding hydrogens is 242 g/mol. The van der Waals surface area contributed by atoms with E-state index < -0.39 is 0 Å². The van der Waals surface area contributed by atoms with Crippen molar-refractivity contribution in [1.29, 1.82) is 0 Å². The molecule has 0 bridgehead atoms. The summed E-state index contributed by atoms with van der Waals surface area (Å²) in [5.41, 5.74) is 0. The second-order valence-electron chi connectivity index (χ2n) is 4.82. The van der Waals surface area contributed by atoms with Crippen LogP contribution in [0.4, 0.5) is 0 Å². The van der Waals surface area contributed by atoms with Gasteiger partial charge in [0.15, 0.2) is 0 Å². The summed E-state index contributed by atoms with van der Waals surface area (Å²) in [5.74, 6) is 3.59. The molecule has 0 radical (unpaired) electrons. The molecule has 0 aromatic carbocycles. The molecule has 0 aromatic rings. The normalized spacial score (nSPS) is 19.8. The summed E-state index contributed by atoms with van der Waals surface area (Å²) in [6.07, 6.45) is 3.06. The van der Waals surface area contributed by atoms with Crippen LogP contribution in [0.25, 0.3) is 0 Å². The number of amides is 1. The predicted molar refractivity (Wildman–Crippen MR) is 72.2 cm³/mol. The van der Waals surface area contributed by atoms with Crippen molar-refractivity contribution in [3.8, 4) is 0 Å². The minimum atomic E-state index is 0.0471. The lowest BCUT2D eigenvalue weighted by atomic mass is 9.98. The number of rotatable bonds is 5. The Bertz CT molecular complexity index is 217. The minimum absolute atomic E-state index is 0.0471. The lowest BCUT2D eigenvalue weighted by molar-refractivity contribution is -0.122. The topological polar surface area (TPSA) is 29.1 Å². The maximum Gasteiger partial charge on any atom is 0.220 e. The molecule has 1 fully saturated rings. The fraction of sp³-hybridized carbons (Fsp3) is 0.917. The molecule has 1 amide bonds. The smallest absolute Gasteiger partial charge is 0.220 e. The molecule has 0 aliphatic carbocycles. The number of thioether (sulfide) groups is 1. The lowest BCUT2D eigenvalue weighted by Gasteiger charge is -2.21. The first kappa shape index (κ1) is 14.2. The van der Waals surface area contributed by atoms with Crippen LogP contribution in [0.1, 0.15) is 33.1 Å². The molecule has 1 saturated heterocycles. The summed E-state index contributed by atoms with van der Waals surface area (Å²) in [7, 11) is 0. The van der Waals surface area contributed by atoms with E-state index >= 15 is 0 Å². The van der Waals surface area contributed by atoms with Gasteiger partial charge in [-0.15, -0.1) is 11.6 Å². The SMILES string of the molecule is CC(C)C(Cl)CNC(=O)CC1CCSCC1. The fourth-order valence-electron chi connectivity index (χ4n) is 1.73. The molecule has 0 saturated carbocycles. The summed E-state index contributed by atoms with van der Waals surface area (Å²) >= 11 is 8.08. The molecule has 94 valence electrons. The Balaban J connectivity index is 2.14. The predicted octanol–water partition coefficient (Wildman–Crippen LogP) is 2.90. The molecule has 1 N–H and O–H groups in total. The molecule has 0 aromatic heterocycles. The quantitative estimate of drug-likeness (QED) is 0.773. The van der Waals surface area contributed by atoms with Crippen molar-refractivity contribution >= 4 is 29.3 Å². The fourth-order valence-corrected chi connectivity index (χ4v) is 3.01. The average molecular weight is 264 g/mol. The number of hydrogen-bond donors (Lipinski definition) is 1. The van der Waals surface area contributed by atoms with Crippen LogP contribution in [0.3, 0.4) is 0 Å². The zero-order valence-electron chi connectivity index (χ0n) is 10.2. The van der Waals surface area contributed by atoms with Crippen LogP contribution in [-0.4, -0.2) is 29.3 Å². The standard InChI is InChI=1S/C12H22ClNOS/c1-9(2)11(13)8-14-12(15)7-10-3-5-16-6-4-10/h9-11H,3-8H2,1-2H3,(H,14,15). The van der Waals surface area contributed by atoms with E-state index in [1.165, 1.54) is 24.3 Å². The molecule has 1 unspecified atom stereocenters. The zero-order valence-corrected chi connectivity index (χ0v) is 11.7. The number of alkyl halides is 1. The maximum atomic E-state index is 11.7. The van der Waals surface area contributed by atoms with Crippen molar-refractivity contribution in [1.82, 2.24) is 5.32 Å². The third-order valence-electron chi connectivity index (χ3n) is 3.03. The van der Waals surface area contributed by atoms with E-state index in [9.17, 15) is 4.79 Å². The van der Waals surface area contributed by atoms with Gasteiger partial charge in [0.2, 0.25) is 5.91 Å². The monoisotopic (exact) mass is 263 g/mol. The van der Waals surface area contributed by atoms with Gasteiger partial charge in [0.1, 0.15) is 0 Å². The van der Waals surface area contributed by atoms with E-state index in [1.807, 2.05) is 11.8 Å². The van der Waals surface area contributed by atoms with Crippen LogP contribution in [0, 0.1) is 11.8 Å². The molecule has 4 heteroatoms. The van der Waals surface area contributed by atoms with Crippen LogP contribution in [0.2, 0.25) is 0 Å². The lowest BCUT2D eigenvalue weighted by Crippen LogP contribution is -2.33. The molecule has 1 aliphatic rings. The van der Waals surface area contributed by atoms with Gasteiger partial charge in [-0.25, -0.2) is 0 Å². The van der Waals surface area contributed by atoms with E-state index in [1.54, 1.807) is 0 Å². The third-order valence-corrected chi connectivity index (χ3v) is 4.74. The van der Waals surface area contributed by atoms with E-state index in [0.717, 1.165) is 0 Å². The first-order chi connectivity index (χ1) is 7.59. The molecule has 1 atom stereocenters. The van der Waals surface area contributed by atoms with Gasteiger partial charge in [-0.3, -0.25) is 4.79 Å². The molecule has 1 heterocycles. The average Bonchev–Trinajstić information content (AvgIpc) is 2.27. The van der Waals surface area contributed by atoms with Gasteiger partial charge in [-0.05, 0) is 36.2 Å². The van der Waals surface area contributed by atoms with Gasteiger partial charge in [-0.1, -0.05) is 13.8 Å². The molecule has 2 nitrogen and oxygen atoms in total. The Kier molecular flexibility index (Phi) is 6.59. The molecule has 1 aliphatic heterocycles. The number of carbonyl (C=O) groups excluding carboxylic acids is 1. The van der Waals surface area contributed by atoms with Crippen LogP contribution in [-0.2, 0) is 4.79 Å². The first-order valence-electron chi connectivity index (χ1n) is 6.08. The van der Waals surface area contributed by atoms with Crippen LogP contribution in [0.15, 0.2) is 0 Å². The summed E-state index contributed by atoms with van der Waals surface area (Å²) in [6, 6.07) is 0. The third kappa shape index (κ3) is 5.44. The van der Waals surface area contributed by atoms with Crippen LogP contribution in [0.5, 0.6) is 0 Å². The number of carbonyl (C=O) groups is 1. The Morgan fingerprint density at radius 3 is 2.62 bits per heavy atom. The van der Waals surface area contributed by atoms with Gasteiger partial charge in [-0.2, -0.15) is 11.8 Å². The Hall–Kier alpha value is 0.110. The molecule has 0 spiro atoms. The number of halogens is 1. The van der Waals surface area contributed by atoms with Crippen molar-refractivity contribution in [3.05, 3.63) is 0 Å². The van der Waals surface area contributed by atoms with Gasteiger partial charge in [0, 0.05) is 13.0 Å². The second-order valence-corrected chi connectivity index (χ2v) is 6.61. The summed E-state index contributed by atoms with van der Waals surface area (Å²) < 4.78 is 0. The van der Waals surface area contributed by atoms with Gasteiger partial charge >= 0.3 is 0 Å². The summed E-state index contributed by atoms with van der Waals surface area (Å²) in [4.78, 5) is 11.7. The van der Waals surface area contributed by atoms with Crippen molar-refractivity contribution in [3.63, 3.8) is 0 Å². The largest absolute Gasteiger partial charge is 0.355 e. The van der Waals surface area contributed by atoms with Crippen molar-refractivity contribution in [2.24, 2.45) is 11.8 Å². The highest BCUT2D eigenvalue weighted by Gasteiger charge is 2.18. The van der Waals surface area contributed by atoms with E-state index in [2.05, 4.69) is 19.2 Å². The van der Waals surface area contributed by atoms with Crippen molar-refractivity contribution in [2.75, 3.05) is 18.1 Å². The highest BCUT2D eigenvalue weighted by Crippen LogP contribution is 2.25. The van der Waals surface area contributed by atoms with Crippen LogP contribution < -0.4 is 5.32 Å². The van der Waals surface area contributed by atoms with Gasteiger partial charge in [0.05, 0.1) is 5.38 Å². The molecular formula is C12H22ClNOS. The highest BCUT2D eigenvalue weighted by atomic mass is 35.5. The highest BCUT2D eigenvalue weighted by molar-refractivity contribution is 7.99. The van der Waals surface area contributed by atoms with Gasteiger partial charge < -0.3 is 5.32 Å². The van der Waals surface area contributed by atoms with Gasteiger partial charge in [0.25, 0.3) is 0 Å². The van der Waals surface area contributed by atoms with Crippen molar-refractivity contribution < 1.29 is 4.79 Å². The first-order valence-corrected chi connectivity index (χ1v) is 7.67. The zero-order chi connectivity index (χ0) is 12.0. The van der Waals surface area contributed by atoms with Crippen LogP contribution >= 0.6 is 23.4 Å². The Morgan fingerprint density at radius 1 is 1.44 bits per heavy atom. The summed E-state index contributed by atoms with van der Waals surface area (Å²) in [5, 5.41) is 2.98. The van der Waals surface area contributed by atoms with E-state index in [4.69, 9.17) is 11.6 Å². The molecule has 1 rings (SSSR count). The second kappa shape index (κ2) is 7.44. The van der Waals surface area contributed by atoms with Crippen molar-refractivity contribution in [2.45, 2.75) is 38.5 Å². The number of nitrogens with one attached hydrogen (secondary N) is 1. The molecule has 16 heavy (non-hydrogen) atoms. The van der Waals surface area contributed by atoms with E-state index in [0.29, 0.717) is 24.8 Å². The Morgan fingerprint density at radius 2 is 2.06 bits per heavy atom. The number of hydrogen-bond acceptors (Lipinski definition) is 2. The Labute approximate surface area is 108 Å². The minimum Gasteiger partial charge on any atom is -0.355 e. The maximum absolute atomic E-state index is 11.7.